The molecular formula is C16H14O2. The van der Waals surface area contributed by atoms with Crippen LogP contribution in [-0.2, 0) is 24.0 Å². The van der Waals surface area contributed by atoms with Gasteiger partial charge in [-0.1, -0.05) is 48.5 Å². The van der Waals surface area contributed by atoms with Gasteiger partial charge in [0.2, 0.25) is 0 Å². The lowest BCUT2D eigenvalue weighted by molar-refractivity contribution is -0.191. The number of rotatable bonds is 1. The maximum Gasteiger partial charge on any atom is 0.127 e. The van der Waals surface area contributed by atoms with Gasteiger partial charge < -0.3 is 10.2 Å². The van der Waals surface area contributed by atoms with Crippen LogP contribution >= 0.6 is 0 Å². The highest BCUT2D eigenvalue weighted by Crippen LogP contribution is 2.56. The van der Waals surface area contributed by atoms with Crippen LogP contribution in [0.2, 0.25) is 0 Å². The number of fused-ring (bicyclic) bond motifs is 2. The molecule has 2 nitrogen and oxygen atoms in total. The highest BCUT2D eigenvalue weighted by Gasteiger charge is 2.61. The first kappa shape index (κ1) is 10.3. The molecule has 0 amide bonds. The summed E-state index contributed by atoms with van der Waals surface area (Å²) in [5.41, 5.74) is 1.80. The second-order valence-electron chi connectivity index (χ2n) is 5.39. The summed E-state index contributed by atoms with van der Waals surface area (Å²) in [4.78, 5) is 0. The summed E-state index contributed by atoms with van der Waals surface area (Å²) in [6, 6.07) is 15.6. The molecule has 0 bridgehead atoms. The topological polar surface area (TPSA) is 40.5 Å². The predicted octanol–water partition coefficient (Wildman–Crippen LogP) is 1.87. The minimum Gasteiger partial charge on any atom is -0.381 e. The third kappa shape index (κ3) is 0.972. The Morgan fingerprint density at radius 2 is 1.06 bits per heavy atom. The van der Waals surface area contributed by atoms with Gasteiger partial charge in [0, 0.05) is 12.8 Å². The average molecular weight is 238 g/mol. The van der Waals surface area contributed by atoms with Crippen LogP contribution in [-0.4, -0.2) is 10.2 Å². The molecule has 4 rings (SSSR count). The molecule has 0 saturated heterocycles. The van der Waals surface area contributed by atoms with E-state index in [4.69, 9.17) is 0 Å². The summed E-state index contributed by atoms with van der Waals surface area (Å²) < 4.78 is 0. The smallest absolute Gasteiger partial charge is 0.127 e. The minimum atomic E-state index is -1.11. The van der Waals surface area contributed by atoms with Crippen LogP contribution in [0.4, 0.5) is 0 Å². The molecule has 0 radical (unpaired) electrons. The number of benzene rings is 2. The molecule has 0 fully saturated rings. The fourth-order valence-corrected chi connectivity index (χ4v) is 3.42. The molecule has 90 valence electrons. The van der Waals surface area contributed by atoms with Gasteiger partial charge in [0.15, 0.2) is 0 Å². The van der Waals surface area contributed by atoms with Crippen molar-refractivity contribution in [2.24, 2.45) is 0 Å². The van der Waals surface area contributed by atoms with Crippen LogP contribution in [0.15, 0.2) is 48.5 Å². The molecular weight excluding hydrogens is 224 g/mol. The van der Waals surface area contributed by atoms with Crippen molar-refractivity contribution in [2.45, 2.75) is 24.0 Å². The van der Waals surface area contributed by atoms with Crippen molar-refractivity contribution in [3.8, 4) is 0 Å². The molecule has 18 heavy (non-hydrogen) atoms. The van der Waals surface area contributed by atoms with Gasteiger partial charge in [0.25, 0.3) is 0 Å². The number of hydrogen-bond donors (Lipinski definition) is 2. The van der Waals surface area contributed by atoms with Crippen molar-refractivity contribution in [3.05, 3.63) is 70.8 Å². The van der Waals surface area contributed by atoms with Gasteiger partial charge in [-0.2, -0.15) is 0 Å². The van der Waals surface area contributed by atoms with E-state index in [2.05, 4.69) is 0 Å². The third-order valence-corrected chi connectivity index (χ3v) is 4.50. The second-order valence-corrected chi connectivity index (χ2v) is 5.39. The van der Waals surface area contributed by atoms with Crippen molar-refractivity contribution in [2.75, 3.05) is 0 Å². The zero-order chi connectivity index (χ0) is 12.4. The molecule has 2 aromatic carbocycles. The summed E-state index contributed by atoms with van der Waals surface area (Å²) >= 11 is 0. The Kier molecular flexibility index (Phi) is 1.73. The second kappa shape index (κ2) is 3.02. The molecule has 2 atom stereocenters. The fraction of sp³-hybridized carbons (Fsp3) is 0.250. The third-order valence-electron chi connectivity index (χ3n) is 4.50. The van der Waals surface area contributed by atoms with Crippen LogP contribution in [0.5, 0.6) is 0 Å². The van der Waals surface area contributed by atoms with E-state index in [9.17, 15) is 10.2 Å². The van der Waals surface area contributed by atoms with Crippen molar-refractivity contribution < 1.29 is 10.2 Å². The zero-order valence-corrected chi connectivity index (χ0v) is 9.93. The first-order chi connectivity index (χ1) is 8.65. The first-order valence-corrected chi connectivity index (χ1v) is 6.27. The maximum atomic E-state index is 10.8. The lowest BCUT2D eigenvalue weighted by Crippen LogP contribution is -2.61. The van der Waals surface area contributed by atoms with Gasteiger partial charge in [-0.15, -0.1) is 0 Å². The highest BCUT2D eigenvalue weighted by atomic mass is 16.4. The number of hydrogen-bond acceptors (Lipinski definition) is 2. The van der Waals surface area contributed by atoms with Crippen LogP contribution in [0.1, 0.15) is 22.3 Å². The molecule has 2 heteroatoms. The summed E-state index contributed by atoms with van der Waals surface area (Å²) in [6.45, 7) is 0. The first-order valence-electron chi connectivity index (χ1n) is 6.27. The van der Waals surface area contributed by atoms with Crippen LogP contribution in [0.3, 0.4) is 0 Å². The molecule has 2 N–H and O–H groups in total. The van der Waals surface area contributed by atoms with Gasteiger partial charge in [-0.3, -0.25) is 0 Å². The van der Waals surface area contributed by atoms with Crippen molar-refractivity contribution in [1.29, 1.82) is 0 Å². The zero-order valence-electron chi connectivity index (χ0n) is 9.93. The van der Waals surface area contributed by atoms with Gasteiger partial charge in [0.05, 0.1) is 0 Å². The molecule has 0 aromatic heterocycles. The highest BCUT2D eigenvalue weighted by molar-refractivity contribution is 5.54. The van der Waals surface area contributed by atoms with Gasteiger partial charge in [0.1, 0.15) is 11.2 Å². The normalized spacial score (nSPS) is 31.9. The lowest BCUT2D eigenvalue weighted by Gasteiger charge is -2.55. The molecule has 2 aromatic rings. The SMILES string of the molecule is O[C@]1([C@@]2(O)Cc3ccccc32)Cc2ccccc21. The fourth-order valence-electron chi connectivity index (χ4n) is 3.42. The summed E-state index contributed by atoms with van der Waals surface area (Å²) in [7, 11) is 0. The van der Waals surface area contributed by atoms with Crippen molar-refractivity contribution in [1.82, 2.24) is 0 Å². The van der Waals surface area contributed by atoms with Gasteiger partial charge in [-0.05, 0) is 22.3 Å². The van der Waals surface area contributed by atoms with Crippen molar-refractivity contribution >= 4 is 0 Å². The summed E-state index contributed by atoms with van der Waals surface area (Å²) in [5, 5.41) is 21.7. The van der Waals surface area contributed by atoms with Crippen LogP contribution in [0, 0.1) is 0 Å². The van der Waals surface area contributed by atoms with E-state index < -0.39 is 11.2 Å². The van der Waals surface area contributed by atoms with Crippen molar-refractivity contribution in [3.63, 3.8) is 0 Å². The Bertz CT molecular complexity index is 592. The minimum absolute atomic E-state index is 0.536. The average Bonchev–Trinajstić information content (AvgIpc) is 2.36. The van der Waals surface area contributed by atoms with E-state index in [1.54, 1.807) is 0 Å². The van der Waals surface area contributed by atoms with Crippen LogP contribution in [0.25, 0.3) is 0 Å². The van der Waals surface area contributed by atoms with Crippen LogP contribution < -0.4 is 0 Å². The standard InChI is InChI=1S/C16H14O2/c17-15(9-11-5-1-3-7-13(11)15)16(18)10-12-6-2-4-8-14(12)16/h1-8,17-18H,9-10H2/t15-,16-/m1/s1. The molecule has 0 spiro atoms. The van der Waals surface area contributed by atoms with Gasteiger partial charge in [-0.25, -0.2) is 0 Å². The quantitative estimate of drug-likeness (QED) is 0.796. The predicted molar refractivity (Wildman–Crippen MR) is 68.1 cm³/mol. The summed E-state index contributed by atoms with van der Waals surface area (Å²) in [5.74, 6) is 0. The molecule has 2 aliphatic rings. The maximum absolute atomic E-state index is 10.8. The molecule has 0 heterocycles. The Morgan fingerprint density at radius 3 is 1.44 bits per heavy atom. The largest absolute Gasteiger partial charge is 0.381 e. The van der Waals surface area contributed by atoms with E-state index in [1.807, 2.05) is 48.5 Å². The Hall–Kier alpha value is -1.64. The monoisotopic (exact) mass is 238 g/mol. The Balaban J connectivity index is 1.84. The van der Waals surface area contributed by atoms with E-state index in [-0.39, 0.29) is 0 Å². The summed E-state index contributed by atoms with van der Waals surface area (Å²) in [6.07, 6.45) is 1.07. The Morgan fingerprint density at radius 1 is 0.667 bits per heavy atom. The van der Waals surface area contributed by atoms with Gasteiger partial charge >= 0.3 is 0 Å². The molecule has 0 unspecified atom stereocenters. The number of aliphatic hydroxyl groups is 2. The van der Waals surface area contributed by atoms with E-state index in [0.29, 0.717) is 12.8 Å². The Labute approximate surface area is 106 Å². The van der Waals surface area contributed by atoms with E-state index in [1.165, 1.54) is 0 Å². The van der Waals surface area contributed by atoms with E-state index >= 15 is 0 Å². The van der Waals surface area contributed by atoms with E-state index in [0.717, 1.165) is 22.3 Å². The molecule has 2 aliphatic carbocycles. The lowest BCUT2D eigenvalue weighted by atomic mass is 9.55. The molecule has 0 saturated carbocycles. The molecule has 0 aliphatic heterocycles.